The lowest BCUT2D eigenvalue weighted by Crippen LogP contribution is -2.50. The molecule has 2 heterocycles. The molecule has 1 saturated carbocycles. The summed E-state index contributed by atoms with van der Waals surface area (Å²) in [5, 5.41) is 9.47. The maximum absolute atomic E-state index is 12.5. The molecule has 4 nitrogen and oxygen atoms in total. The highest BCUT2D eigenvalue weighted by Gasteiger charge is 2.43. The zero-order chi connectivity index (χ0) is 13.5. The molecular formula is C14H21N3OS. The monoisotopic (exact) mass is 279 g/mol. The molecule has 1 aliphatic carbocycles. The average Bonchev–Trinajstić information content (AvgIpc) is 3.06. The van der Waals surface area contributed by atoms with Crippen molar-refractivity contribution in [2.24, 2.45) is 11.8 Å². The van der Waals surface area contributed by atoms with Crippen LogP contribution in [0, 0.1) is 11.8 Å². The van der Waals surface area contributed by atoms with Crippen molar-refractivity contribution in [3.63, 3.8) is 0 Å². The molecule has 1 aromatic heterocycles. The number of thiazole rings is 1. The molecule has 19 heavy (non-hydrogen) atoms. The largest absolute Gasteiger partial charge is 0.343 e. The summed E-state index contributed by atoms with van der Waals surface area (Å²) >= 11 is 1.59. The van der Waals surface area contributed by atoms with Gasteiger partial charge in [-0.1, -0.05) is 6.42 Å². The van der Waals surface area contributed by atoms with E-state index in [1.165, 1.54) is 19.3 Å². The Kier molecular flexibility index (Phi) is 3.35. The number of fused-ring (bicyclic) bond motifs is 1. The van der Waals surface area contributed by atoms with Gasteiger partial charge in [0.15, 0.2) is 0 Å². The van der Waals surface area contributed by atoms with E-state index < -0.39 is 0 Å². The Morgan fingerprint density at radius 2 is 2.37 bits per heavy atom. The predicted octanol–water partition coefficient (Wildman–Crippen LogP) is 1.88. The second-order valence-corrected chi connectivity index (χ2v) is 7.09. The second kappa shape index (κ2) is 4.87. The van der Waals surface area contributed by atoms with Crippen LogP contribution < -0.4 is 10.6 Å². The van der Waals surface area contributed by atoms with Crippen LogP contribution in [0.5, 0.6) is 0 Å². The van der Waals surface area contributed by atoms with Crippen molar-refractivity contribution >= 4 is 17.2 Å². The molecule has 2 N–H and O–H groups in total. The normalized spacial score (nSPS) is 30.3. The topological polar surface area (TPSA) is 54.0 Å². The molecule has 0 radical (unpaired) electrons. The Bertz CT molecular complexity index is 457. The first-order valence-corrected chi connectivity index (χ1v) is 7.91. The van der Waals surface area contributed by atoms with Gasteiger partial charge in [0.25, 0.3) is 0 Å². The van der Waals surface area contributed by atoms with E-state index in [9.17, 15) is 4.79 Å². The minimum absolute atomic E-state index is 0.00765. The van der Waals surface area contributed by atoms with Crippen LogP contribution in [0.1, 0.15) is 38.1 Å². The van der Waals surface area contributed by atoms with Crippen molar-refractivity contribution in [3.8, 4) is 0 Å². The van der Waals surface area contributed by atoms with Gasteiger partial charge in [0.05, 0.1) is 11.6 Å². The lowest BCUT2D eigenvalue weighted by atomic mass is 9.93. The highest BCUT2D eigenvalue weighted by molar-refractivity contribution is 7.09. The van der Waals surface area contributed by atoms with E-state index in [0.717, 1.165) is 11.6 Å². The van der Waals surface area contributed by atoms with Gasteiger partial charge in [-0.3, -0.25) is 4.79 Å². The van der Waals surface area contributed by atoms with Gasteiger partial charge in [-0.05, 0) is 45.1 Å². The number of carbonyl (C=O) groups excluding carboxylic acids is 1. The maximum Gasteiger partial charge on any atom is 0.238 e. The van der Waals surface area contributed by atoms with Crippen LogP contribution in [0.4, 0.5) is 0 Å². The standard InChI is InChI=1S/C14H21N3OS/c1-14(2,13-15-6-7-19-13)17-12(18)11-10-5-3-4-9(10)8-16-11/h6-7,9-11,16H,3-5,8H2,1-2H3,(H,17,18). The molecular weight excluding hydrogens is 258 g/mol. The SMILES string of the molecule is CC(C)(NC(=O)C1NCC2CCCC21)c1nccs1. The van der Waals surface area contributed by atoms with Crippen LogP contribution in [0.3, 0.4) is 0 Å². The molecule has 0 aromatic carbocycles. The van der Waals surface area contributed by atoms with Crippen LogP contribution in [-0.4, -0.2) is 23.5 Å². The van der Waals surface area contributed by atoms with Crippen molar-refractivity contribution in [1.29, 1.82) is 0 Å². The first-order chi connectivity index (χ1) is 9.08. The summed E-state index contributed by atoms with van der Waals surface area (Å²) < 4.78 is 0. The van der Waals surface area contributed by atoms with Crippen molar-refractivity contribution in [3.05, 3.63) is 16.6 Å². The minimum atomic E-state index is -0.385. The molecule has 1 aromatic rings. The van der Waals surface area contributed by atoms with E-state index in [-0.39, 0.29) is 17.5 Å². The van der Waals surface area contributed by atoms with E-state index >= 15 is 0 Å². The van der Waals surface area contributed by atoms with E-state index in [1.807, 2.05) is 19.2 Å². The first kappa shape index (κ1) is 13.1. The van der Waals surface area contributed by atoms with Crippen LogP contribution in [0.15, 0.2) is 11.6 Å². The summed E-state index contributed by atoms with van der Waals surface area (Å²) in [6.45, 7) is 5.04. The number of amides is 1. The maximum atomic E-state index is 12.5. The average molecular weight is 279 g/mol. The lowest BCUT2D eigenvalue weighted by molar-refractivity contribution is -0.125. The fourth-order valence-corrected chi connectivity index (χ4v) is 4.16. The molecule has 3 unspecified atom stereocenters. The zero-order valence-corrected chi connectivity index (χ0v) is 12.3. The second-order valence-electron chi connectivity index (χ2n) is 6.19. The van der Waals surface area contributed by atoms with E-state index in [2.05, 4.69) is 15.6 Å². The van der Waals surface area contributed by atoms with Crippen molar-refractivity contribution in [1.82, 2.24) is 15.6 Å². The molecule has 1 amide bonds. The molecule has 1 saturated heterocycles. The molecule has 2 fully saturated rings. The number of nitrogens with one attached hydrogen (secondary N) is 2. The van der Waals surface area contributed by atoms with Gasteiger partial charge in [-0.15, -0.1) is 11.3 Å². The third-order valence-electron chi connectivity index (χ3n) is 4.43. The number of rotatable bonds is 3. The predicted molar refractivity (Wildman–Crippen MR) is 75.9 cm³/mol. The van der Waals surface area contributed by atoms with E-state index in [0.29, 0.717) is 11.8 Å². The molecule has 3 rings (SSSR count). The summed E-state index contributed by atoms with van der Waals surface area (Å²) in [6, 6.07) is -0.00765. The molecule has 0 bridgehead atoms. The molecule has 3 atom stereocenters. The van der Waals surface area contributed by atoms with Crippen LogP contribution in [0.2, 0.25) is 0 Å². The lowest BCUT2D eigenvalue weighted by Gasteiger charge is -2.27. The van der Waals surface area contributed by atoms with Gasteiger partial charge in [0, 0.05) is 11.6 Å². The smallest absolute Gasteiger partial charge is 0.238 e. The number of nitrogens with zero attached hydrogens (tertiary/aromatic N) is 1. The van der Waals surface area contributed by atoms with E-state index in [4.69, 9.17) is 0 Å². The summed E-state index contributed by atoms with van der Waals surface area (Å²) in [5.41, 5.74) is -0.385. The quantitative estimate of drug-likeness (QED) is 0.888. The van der Waals surface area contributed by atoms with E-state index in [1.54, 1.807) is 17.5 Å². The van der Waals surface area contributed by atoms with Crippen molar-refractivity contribution < 1.29 is 4.79 Å². The summed E-state index contributed by atoms with van der Waals surface area (Å²) in [5.74, 6) is 1.38. The number of carbonyl (C=O) groups is 1. The highest BCUT2D eigenvalue weighted by atomic mass is 32.1. The molecule has 104 valence electrons. The Hall–Kier alpha value is -0.940. The third-order valence-corrected chi connectivity index (χ3v) is 5.53. The molecule has 1 aliphatic heterocycles. The fourth-order valence-electron chi connectivity index (χ4n) is 3.45. The number of hydrogen-bond acceptors (Lipinski definition) is 4. The Balaban J connectivity index is 1.68. The number of hydrogen-bond donors (Lipinski definition) is 2. The van der Waals surface area contributed by atoms with Gasteiger partial charge in [0.2, 0.25) is 5.91 Å². The zero-order valence-electron chi connectivity index (χ0n) is 11.5. The number of aromatic nitrogens is 1. The fraction of sp³-hybridized carbons (Fsp3) is 0.714. The minimum Gasteiger partial charge on any atom is -0.343 e. The van der Waals surface area contributed by atoms with Gasteiger partial charge in [0.1, 0.15) is 5.01 Å². The van der Waals surface area contributed by atoms with Crippen LogP contribution >= 0.6 is 11.3 Å². The molecule has 0 spiro atoms. The third kappa shape index (κ3) is 2.41. The molecule has 2 aliphatic rings. The summed E-state index contributed by atoms with van der Waals surface area (Å²) in [7, 11) is 0. The highest BCUT2D eigenvalue weighted by Crippen LogP contribution is 2.38. The Morgan fingerprint density at radius 1 is 1.53 bits per heavy atom. The Morgan fingerprint density at radius 3 is 3.11 bits per heavy atom. The Labute approximate surface area is 118 Å². The van der Waals surface area contributed by atoms with Gasteiger partial charge < -0.3 is 10.6 Å². The van der Waals surface area contributed by atoms with Gasteiger partial charge >= 0.3 is 0 Å². The van der Waals surface area contributed by atoms with Crippen molar-refractivity contribution in [2.75, 3.05) is 6.54 Å². The van der Waals surface area contributed by atoms with Crippen LogP contribution in [0.25, 0.3) is 0 Å². The summed E-state index contributed by atoms with van der Waals surface area (Å²) in [4.78, 5) is 16.8. The molecule has 5 heteroatoms. The van der Waals surface area contributed by atoms with Gasteiger partial charge in [-0.25, -0.2) is 4.98 Å². The van der Waals surface area contributed by atoms with Gasteiger partial charge in [-0.2, -0.15) is 0 Å². The first-order valence-electron chi connectivity index (χ1n) is 7.03. The summed E-state index contributed by atoms with van der Waals surface area (Å²) in [6.07, 6.45) is 5.52. The van der Waals surface area contributed by atoms with Crippen LogP contribution in [-0.2, 0) is 10.3 Å². The van der Waals surface area contributed by atoms with Crippen molar-refractivity contribution in [2.45, 2.75) is 44.7 Å².